The summed E-state index contributed by atoms with van der Waals surface area (Å²) in [5, 5.41) is 14.5. The van der Waals surface area contributed by atoms with Crippen LogP contribution in [0.5, 0.6) is 11.5 Å². The van der Waals surface area contributed by atoms with Crippen molar-refractivity contribution in [2.45, 2.75) is 6.92 Å². The highest BCUT2D eigenvalue weighted by Gasteiger charge is 2.22. The Labute approximate surface area is 148 Å². The zero-order valence-corrected chi connectivity index (χ0v) is 14.4. The summed E-state index contributed by atoms with van der Waals surface area (Å²) < 4.78 is 15.8. The number of methoxy groups -OCH3 is 2. The van der Waals surface area contributed by atoms with Crippen molar-refractivity contribution in [3.8, 4) is 11.5 Å². The molecule has 0 aliphatic carbocycles. The molecule has 1 amide bonds. The number of nitro groups is 1. The van der Waals surface area contributed by atoms with Crippen molar-refractivity contribution in [1.82, 2.24) is 0 Å². The minimum absolute atomic E-state index is 0.0539. The van der Waals surface area contributed by atoms with Gasteiger partial charge in [-0.1, -0.05) is 0 Å². The van der Waals surface area contributed by atoms with Crippen molar-refractivity contribution in [1.29, 1.82) is 0 Å². The topological polar surface area (TPSA) is 104 Å². The fourth-order valence-corrected chi connectivity index (χ4v) is 2.62. The molecule has 0 bridgehead atoms. The second kappa shape index (κ2) is 6.75. The van der Waals surface area contributed by atoms with E-state index in [4.69, 9.17) is 13.9 Å². The Bertz CT molecular complexity index is 1010. The number of ether oxygens (including phenoxy) is 2. The van der Waals surface area contributed by atoms with Gasteiger partial charge in [-0.25, -0.2) is 0 Å². The summed E-state index contributed by atoms with van der Waals surface area (Å²) >= 11 is 0. The molecule has 0 fully saturated rings. The van der Waals surface area contributed by atoms with Crippen LogP contribution in [0.1, 0.15) is 16.1 Å². The number of nitrogens with one attached hydrogen (secondary N) is 1. The largest absolute Gasteiger partial charge is 0.497 e. The average Bonchev–Trinajstić information content (AvgIpc) is 2.98. The molecule has 1 N–H and O–H groups in total. The molecule has 0 saturated heterocycles. The number of hydrogen-bond donors (Lipinski definition) is 1. The predicted octanol–water partition coefficient (Wildman–Crippen LogP) is 3.92. The maximum absolute atomic E-state index is 12.6. The molecule has 1 aromatic heterocycles. The fraction of sp³-hybridized carbons (Fsp3) is 0.167. The van der Waals surface area contributed by atoms with E-state index in [9.17, 15) is 14.9 Å². The standard InChI is InChI=1S/C18H16N2O6/c1-10-13-8-11(24-2)5-7-16(13)26-17(10)18(21)19-14-6-4-12(25-3)9-15(14)20(22)23/h4-9H,1-3H3,(H,19,21). The van der Waals surface area contributed by atoms with Crippen LogP contribution in [0, 0.1) is 17.0 Å². The van der Waals surface area contributed by atoms with Crippen molar-refractivity contribution in [3.63, 3.8) is 0 Å². The van der Waals surface area contributed by atoms with Gasteiger partial charge in [0.15, 0.2) is 5.76 Å². The first-order valence-electron chi connectivity index (χ1n) is 7.65. The van der Waals surface area contributed by atoms with Crippen LogP contribution in [-0.4, -0.2) is 25.1 Å². The SMILES string of the molecule is COc1ccc(NC(=O)c2oc3ccc(OC)cc3c2C)c([N+](=O)[O-])c1. The second-order valence-electron chi connectivity index (χ2n) is 5.51. The van der Waals surface area contributed by atoms with Crippen molar-refractivity contribution >= 4 is 28.3 Å². The van der Waals surface area contributed by atoms with Crippen LogP contribution in [-0.2, 0) is 0 Å². The van der Waals surface area contributed by atoms with Crippen LogP contribution in [0.4, 0.5) is 11.4 Å². The normalized spacial score (nSPS) is 10.6. The first kappa shape index (κ1) is 17.3. The summed E-state index contributed by atoms with van der Waals surface area (Å²) in [4.78, 5) is 23.3. The van der Waals surface area contributed by atoms with Gasteiger partial charge < -0.3 is 19.2 Å². The number of carbonyl (C=O) groups is 1. The quantitative estimate of drug-likeness (QED) is 0.549. The van der Waals surface area contributed by atoms with E-state index in [1.165, 1.54) is 25.3 Å². The Kier molecular flexibility index (Phi) is 4.49. The van der Waals surface area contributed by atoms with E-state index in [2.05, 4.69) is 5.32 Å². The number of nitrogens with zero attached hydrogens (tertiary/aromatic N) is 1. The molecule has 0 aliphatic heterocycles. The van der Waals surface area contributed by atoms with E-state index in [1.807, 2.05) is 0 Å². The Balaban J connectivity index is 1.97. The highest BCUT2D eigenvalue weighted by Crippen LogP contribution is 2.32. The predicted molar refractivity (Wildman–Crippen MR) is 95.1 cm³/mol. The van der Waals surface area contributed by atoms with Crippen LogP contribution in [0.15, 0.2) is 40.8 Å². The minimum atomic E-state index is -0.589. The van der Waals surface area contributed by atoms with Gasteiger partial charge in [-0.3, -0.25) is 14.9 Å². The van der Waals surface area contributed by atoms with Gasteiger partial charge in [-0.15, -0.1) is 0 Å². The Morgan fingerprint density at radius 2 is 1.77 bits per heavy atom. The molecule has 134 valence electrons. The van der Waals surface area contributed by atoms with Crippen molar-refractivity contribution in [2.24, 2.45) is 0 Å². The van der Waals surface area contributed by atoms with Gasteiger partial charge >= 0.3 is 0 Å². The van der Waals surface area contributed by atoms with Gasteiger partial charge in [0.05, 0.1) is 25.2 Å². The summed E-state index contributed by atoms with van der Waals surface area (Å²) in [7, 11) is 2.95. The number of carbonyl (C=O) groups excluding carboxylic acids is 1. The fourth-order valence-electron chi connectivity index (χ4n) is 2.62. The van der Waals surface area contributed by atoms with Gasteiger partial charge in [0.25, 0.3) is 11.6 Å². The number of aryl methyl sites for hydroxylation is 1. The average molecular weight is 356 g/mol. The summed E-state index contributed by atoms with van der Waals surface area (Å²) in [5.74, 6) is 0.463. The number of amides is 1. The van der Waals surface area contributed by atoms with Gasteiger partial charge in [-0.2, -0.15) is 0 Å². The van der Waals surface area contributed by atoms with Gasteiger partial charge in [0.2, 0.25) is 0 Å². The molecule has 26 heavy (non-hydrogen) atoms. The molecule has 3 rings (SSSR count). The number of benzene rings is 2. The molecule has 2 aromatic carbocycles. The maximum atomic E-state index is 12.6. The molecular formula is C18H16N2O6. The number of nitro benzene ring substituents is 1. The molecule has 0 atom stereocenters. The molecule has 3 aromatic rings. The van der Waals surface area contributed by atoms with Gasteiger partial charge in [0.1, 0.15) is 22.8 Å². The molecule has 8 nitrogen and oxygen atoms in total. The Morgan fingerprint density at radius 3 is 2.42 bits per heavy atom. The van der Waals surface area contributed by atoms with E-state index in [-0.39, 0.29) is 17.1 Å². The van der Waals surface area contributed by atoms with Crippen LogP contribution < -0.4 is 14.8 Å². The minimum Gasteiger partial charge on any atom is -0.497 e. The molecule has 1 heterocycles. The molecular weight excluding hydrogens is 340 g/mol. The van der Waals surface area contributed by atoms with Gasteiger partial charge in [-0.05, 0) is 37.3 Å². The lowest BCUT2D eigenvalue weighted by atomic mass is 10.1. The van der Waals surface area contributed by atoms with Crippen molar-refractivity contribution in [3.05, 3.63) is 57.8 Å². The zero-order valence-electron chi connectivity index (χ0n) is 14.4. The zero-order chi connectivity index (χ0) is 18.8. The first-order valence-corrected chi connectivity index (χ1v) is 7.65. The molecule has 0 radical (unpaired) electrons. The number of rotatable bonds is 5. The lowest BCUT2D eigenvalue weighted by Gasteiger charge is -2.06. The van der Waals surface area contributed by atoms with E-state index in [0.29, 0.717) is 22.6 Å². The van der Waals surface area contributed by atoms with E-state index in [1.54, 1.807) is 32.2 Å². The van der Waals surface area contributed by atoms with E-state index >= 15 is 0 Å². The third-order valence-electron chi connectivity index (χ3n) is 4.00. The number of furan rings is 1. The Hall–Kier alpha value is -3.55. The number of fused-ring (bicyclic) bond motifs is 1. The van der Waals surface area contributed by atoms with Crippen LogP contribution in [0.3, 0.4) is 0 Å². The number of anilines is 1. The Morgan fingerprint density at radius 1 is 1.12 bits per heavy atom. The summed E-state index contributed by atoms with van der Waals surface area (Å²) in [5.41, 5.74) is 0.927. The lowest BCUT2D eigenvalue weighted by Crippen LogP contribution is -2.13. The lowest BCUT2D eigenvalue weighted by molar-refractivity contribution is -0.384. The second-order valence-corrected chi connectivity index (χ2v) is 5.51. The van der Waals surface area contributed by atoms with Crippen molar-refractivity contribution in [2.75, 3.05) is 19.5 Å². The monoisotopic (exact) mass is 356 g/mol. The molecule has 0 unspecified atom stereocenters. The third-order valence-corrected chi connectivity index (χ3v) is 4.00. The summed E-state index contributed by atoms with van der Waals surface area (Å²) in [6, 6.07) is 9.37. The summed E-state index contributed by atoms with van der Waals surface area (Å²) in [6.07, 6.45) is 0. The highest BCUT2D eigenvalue weighted by molar-refractivity contribution is 6.07. The smallest absolute Gasteiger partial charge is 0.296 e. The van der Waals surface area contributed by atoms with Crippen LogP contribution in [0.2, 0.25) is 0 Å². The number of hydrogen-bond acceptors (Lipinski definition) is 6. The molecule has 0 aliphatic rings. The van der Waals surface area contributed by atoms with Crippen LogP contribution in [0.25, 0.3) is 11.0 Å². The first-order chi connectivity index (χ1) is 12.4. The highest BCUT2D eigenvalue weighted by atomic mass is 16.6. The van der Waals surface area contributed by atoms with Crippen LogP contribution >= 0.6 is 0 Å². The van der Waals surface area contributed by atoms with Gasteiger partial charge in [0, 0.05) is 10.9 Å². The van der Waals surface area contributed by atoms with E-state index in [0.717, 1.165) is 5.39 Å². The molecule has 0 saturated carbocycles. The summed E-state index contributed by atoms with van der Waals surface area (Å²) in [6.45, 7) is 1.74. The molecule has 0 spiro atoms. The maximum Gasteiger partial charge on any atom is 0.296 e. The molecule has 8 heteroatoms. The van der Waals surface area contributed by atoms with Crippen molar-refractivity contribution < 1.29 is 23.6 Å². The third kappa shape index (κ3) is 3.04. The van der Waals surface area contributed by atoms with E-state index < -0.39 is 10.8 Å².